The molecule has 3 heterocycles. The van der Waals surface area contributed by atoms with Crippen LogP contribution in [-0.4, -0.2) is 49.5 Å². The highest BCUT2D eigenvalue weighted by atomic mass is 16.3. The fraction of sp³-hybridized carbons (Fsp3) is 0.545. The molecule has 2 aromatic heterocycles. The highest BCUT2D eigenvalue weighted by molar-refractivity contribution is 5.79. The molecule has 1 aromatic carbocycles. The first-order valence-electron chi connectivity index (χ1n) is 11.0. The van der Waals surface area contributed by atoms with E-state index in [1.54, 1.807) is 0 Å². The molecule has 3 N–H and O–H groups in total. The van der Waals surface area contributed by atoms with Crippen molar-refractivity contribution >= 4 is 10.9 Å². The second-order valence-electron chi connectivity index (χ2n) is 8.89. The van der Waals surface area contributed by atoms with Crippen molar-refractivity contribution in [3.05, 3.63) is 51.6 Å². The molecule has 5 rings (SSSR count). The molecular formula is C22H29N6O2+. The van der Waals surface area contributed by atoms with E-state index >= 15 is 0 Å². The molecule has 3 aromatic rings. The number of rotatable bonds is 4. The number of aromatic amines is 1. The van der Waals surface area contributed by atoms with E-state index in [4.69, 9.17) is 0 Å². The number of aryl methyl sites for hydroxylation is 1. The minimum atomic E-state index is -0.266. The third-order valence-electron chi connectivity index (χ3n) is 6.79. The molecule has 1 atom stereocenters. The van der Waals surface area contributed by atoms with Crippen LogP contribution in [0.2, 0.25) is 0 Å². The Bertz CT molecular complexity index is 1090. The number of nitrogens with one attached hydrogen (secondary N) is 2. The van der Waals surface area contributed by atoms with Crippen molar-refractivity contribution in [3.63, 3.8) is 0 Å². The number of benzene rings is 1. The quantitative estimate of drug-likeness (QED) is 0.598. The number of fused-ring (bicyclic) bond motifs is 1. The molecule has 30 heavy (non-hydrogen) atoms. The van der Waals surface area contributed by atoms with Gasteiger partial charge < -0.3 is 15.0 Å². The van der Waals surface area contributed by atoms with Gasteiger partial charge >= 0.3 is 0 Å². The van der Waals surface area contributed by atoms with Crippen LogP contribution < -0.4 is 10.5 Å². The van der Waals surface area contributed by atoms with Gasteiger partial charge in [-0.2, -0.15) is 0 Å². The van der Waals surface area contributed by atoms with E-state index in [9.17, 15) is 9.90 Å². The molecule has 0 bridgehead atoms. The molecule has 158 valence electrons. The number of pyridine rings is 1. The summed E-state index contributed by atoms with van der Waals surface area (Å²) in [5, 5.41) is 23.9. The molecule has 2 fully saturated rings. The number of nitrogens with zero attached hydrogens (tertiary/aromatic N) is 4. The normalized spacial score (nSPS) is 23.8. The summed E-state index contributed by atoms with van der Waals surface area (Å²) >= 11 is 0. The van der Waals surface area contributed by atoms with E-state index in [0.717, 1.165) is 61.1 Å². The molecule has 8 heteroatoms. The monoisotopic (exact) mass is 409 g/mol. The maximum atomic E-state index is 13.2. The Balaban J connectivity index is 1.64. The molecule has 0 radical (unpaired) electrons. The lowest BCUT2D eigenvalue weighted by atomic mass is 9.99. The first-order chi connectivity index (χ1) is 14.6. The smallest absolute Gasteiger partial charge is 0.258 e. The maximum absolute atomic E-state index is 13.2. The van der Waals surface area contributed by atoms with Gasteiger partial charge in [0.25, 0.3) is 5.56 Å². The van der Waals surface area contributed by atoms with Gasteiger partial charge in [0.05, 0.1) is 30.8 Å². The summed E-state index contributed by atoms with van der Waals surface area (Å²) in [4.78, 5) is 17.5. The van der Waals surface area contributed by atoms with Gasteiger partial charge in [0.1, 0.15) is 0 Å². The zero-order chi connectivity index (χ0) is 20.7. The summed E-state index contributed by atoms with van der Waals surface area (Å²) in [6, 6.07) is 8.12. The third kappa shape index (κ3) is 3.54. The van der Waals surface area contributed by atoms with E-state index in [2.05, 4.69) is 33.5 Å². The maximum Gasteiger partial charge on any atom is 0.258 e. The van der Waals surface area contributed by atoms with Crippen LogP contribution in [0.5, 0.6) is 0 Å². The summed E-state index contributed by atoms with van der Waals surface area (Å²) in [6.45, 7) is 3.63. The third-order valence-corrected chi connectivity index (χ3v) is 6.79. The number of aliphatic hydroxyl groups is 1. The number of aliphatic hydroxyl groups excluding tert-OH is 1. The van der Waals surface area contributed by atoms with Crippen LogP contribution in [0.4, 0.5) is 0 Å². The van der Waals surface area contributed by atoms with Gasteiger partial charge in [0.2, 0.25) is 5.82 Å². The molecule has 1 aliphatic heterocycles. The Hall–Kier alpha value is -2.58. The molecule has 2 aliphatic rings. The standard InChI is InChI=1S/C22H28N6O2/c1-14-6-7-19-15(12-14)13-18(22(30)23-19)20(27-10-8-17(29)9-11-27)21-24-25-26-28(21)16-4-2-3-5-16/h6-7,12-13,16-17,20,29H,2-5,8-11H2,1H3,(H,23,30)/p+1/t20-/m0/s1. The second kappa shape index (κ2) is 7.92. The predicted octanol–water partition coefficient (Wildman–Crippen LogP) is 1.07. The van der Waals surface area contributed by atoms with E-state index in [1.165, 1.54) is 17.7 Å². The Morgan fingerprint density at radius 1 is 1.17 bits per heavy atom. The van der Waals surface area contributed by atoms with Gasteiger partial charge in [-0.15, -0.1) is 5.10 Å². The summed E-state index contributed by atoms with van der Waals surface area (Å²) in [6.07, 6.45) is 5.71. The lowest BCUT2D eigenvalue weighted by molar-refractivity contribution is -0.932. The number of quaternary nitrogens is 1. The largest absolute Gasteiger partial charge is 0.393 e. The fourth-order valence-corrected chi connectivity index (χ4v) is 5.16. The van der Waals surface area contributed by atoms with Crippen molar-refractivity contribution in [2.24, 2.45) is 0 Å². The average Bonchev–Trinajstić information content (AvgIpc) is 3.42. The zero-order valence-corrected chi connectivity index (χ0v) is 17.3. The van der Waals surface area contributed by atoms with Crippen molar-refractivity contribution in [2.45, 2.75) is 63.6 Å². The topological polar surface area (TPSA) is 101 Å². The average molecular weight is 410 g/mol. The molecular weight excluding hydrogens is 380 g/mol. The molecule has 0 spiro atoms. The summed E-state index contributed by atoms with van der Waals surface area (Å²) in [5.41, 5.74) is 2.61. The summed E-state index contributed by atoms with van der Waals surface area (Å²) in [7, 11) is 0. The molecule has 1 aliphatic carbocycles. The van der Waals surface area contributed by atoms with Crippen LogP contribution in [0.1, 0.15) is 67.6 Å². The van der Waals surface area contributed by atoms with E-state index in [-0.39, 0.29) is 17.7 Å². The predicted molar refractivity (Wildman–Crippen MR) is 112 cm³/mol. The first kappa shape index (κ1) is 19.4. The van der Waals surface area contributed by atoms with Gasteiger partial charge in [-0.05, 0) is 53.8 Å². The SMILES string of the molecule is Cc1ccc2[nH]c(=O)c([C@@H](c3nnnn3C3CCCC3)[NH+]3CCC(O)CC3)cc2c1. The van der Waals surface area contributed by atoms with Crippen molar-refractivity contribution in [2.75, 3.05) is 13.1 Å². The minimum absolute atomic E-state index is 0.0871. The van der Waals surface area contributed by atoms with Gasteiger partial charge in [-0.1, -0.05) is 24.5 Å². The molecule has 0 amide bonds. The van der Waals surface area contributed by atoms with Crippen molar-refractivity contribution in [3.8, 4) is 0 Å². The number of likely N-dealkylation sites (tertiary alicyclic amines) is 1. The number of hydrogen-bond donors (Lipinski definition) is 3. The van der Waals surface area contributed by atoms with Crippen molar-refractivity contribution in [1.82, 2.24) is 25.2 Å². The number of tetrazole rings is 1. The Labute approximate surface area is 174 Å². The highest BCUT2D eigenvalue weighted by Crippen LogP contribution is 2.31. The number of H-pyrrole nitrogens is 1. The van der Waals surface area contributed by atoms with Crippen LogP contribution in [0.3, 0.4) is 0 Å². The number of aromatic nitrogens is 5. The van der Waals surface area contributed by atoms with Crippen LogP contribution >= 0.6 is 0 Å². The van der Waals surface area contributed by atoms with Gasteiger partial charge in [0, 0.05) is 18.4 Å². The van der Waals surface area contributed by atoms with Crippen LogP contribution in [0.15, 0.2) is 29.1 Å². The lowest BCUT2D eigenvalue weighted by Gasteiger charge is -2.32. The van der Waals surface area contributed by atoms with Gasteiger partial charge in [-0.25, -0.2) is 4.68 Å². The van der Waals surface area contributed by atoms with Crippen molar-refractivity contribution < 1.29 is 10.0 Å². The Morgan fingerprint density at radius 3 is 2.70 bits per heavy atom. The Kier molecular flexibility index (Phi) is 5.12. The van der Waals surface area contributed by atoms with Gasteiger partial charge in [0.15, 0.2) is 6.04 Å². The Morgan fingerprint density at radius 2 is 1.93 bits per heavy atom. The zero-order valence-electron chi connectivity index (χ0n) is 17.3. The number of hydrogen-bond acceptors (Lipinski definition) is 5. The van der Waals surface area contributed by atoms with Crippen molar-refractivity contribution in [1.29, 1.82) is 0 Å². The van der Waals surface area contributed by atoms with Crippen LogP contribution in [-0.2, 0) is 0 Å². The fourth-order valence-electron chi connectivity index (χ4n) is 5.16. The molecule has 8 nitrogen and oxygen atoms in total. The minimum Gasteiger partial charge on any atom is -0.393 e. The van der Waals surface area contributed by atoms with Gasteiger partial charge in [-0.3, -0.25) is 4.79 Å². The first-order valence-corrected chi connectivity index (χ1v) is 11.0. The summed E-state index contributed by atoms with van der Waals surface area (Å²) < 4.78 is 1.97. The summed E-state index contributed by atoms with van der Waals surface area (Å²) in [5.74, 6) is 0.769. The number of piperidine rings is 1. The molecule has 0 unspecified atom stereocenters. The van der Waals surface area contributed by atoms with E-state index in [1.807, 2.05) is 22.9 Å². The molecule has 1 saturated carbocycles. The van der Waals surface area contributed by atoms with Crippen LogP contribution in [0, 0.1) is 6.92 Å². The second-order valence-corrected chi connectivity index (χ2v) is 8.89. The van der Waals surface area contributed by atoms with Crippen LogP contribution in [0.25, 0.3) is 10.9 Å². The van der Waals surface area contributed by atoms with E-state index < -0.39 is 0 Å². The van der Waals surface area contributed by atoms with E-state index in [0.29, 0.717) is 11.6 Å². The highest BCUT2D eigenvalue weighted by Gasteiger charge is 2.37. The molecule has 1 saturated heterocycles. The lowest BCUT2D eigenvalue weighted by Crippen LogP contribution is -3.14.